The van der Waals surface area contributed by atoms with Crippen molar-refractivity contribution in [2.45, 2.75) is 0 Å². The van der Waals surface area contributed by atoms with Crippen LogP contribution in [0.3, 0.4) is 0 Å². The van der Waals surface area contributed by atoms with Gasteiger partial charge in [-0.2, -0.15) is 0 Å². The summed E-state index contributed by atoms with van der Waals surface area (Å²) in [5.74, 6) is -2.79. The van der Waals surface area contributed by atoms with Crippen LogP contribution in [0.2, 0.25) is 0 Å². The van der Waals surface area contributed by atoms with Gasteiger partial charge in [-0.15, -0.1) is 0 Å². The summed E-state index contributed by atoms with van der Waals surface area (Å²) in [6.07, 6.45) is 0. The smallest absolute Gasteiger partial charge is 0.234 e. The van der Waals surface area contributed by atoms with E-state index in [0.717, 1.165) is 14.2 Å². The maximum Gasteiger partial charge on any atom is 0.234 e. The van der Waals surface area contributed by atoms with Gasteiger partial charge in [-0.1, -0.05) is 10.2 Å². The molecule has 0 N–H and O–H groups in total. The van der Waals surface area contributed by atoms with Crippen molar-refractivity contribution >= 4 is 11.6 Å². The summed E-state index contributed by atoms with van der Waals surface area (Å²) in [6.45, 7) is 0. The number of rotatable bonds is 4. The highest BCUT2D eigenvalue weighted by Gasteiger charge is 2.35. The lowest BCUT2D eigenvalue weighted by Crippen LogP contribution is -2.24. The molecule has 0 saturated heterocycles. The van der Waals surface area contributed by atoms with E-state index in [1.807, 2.05) is 0 Å². The van der Waals surface area contributed by atoms with Gasteiger partial charge in [0.2, 0.25) is 11.6 Å². The van der Waals surface area contributed by atoms with Gasteiger partial charge >= 0.3 is 0 Å². The molecule has 0 spiro atoms. The fourth-order valence-electron chi connectivity index (χ4n) is 1.29. The largest absolute Gasteiger partial charge is 0.492 e. The third kappa shape index (κ3) is 1.96. The monoisotopic (exact) mass is 250 g/mol. The van der Waals surface area contributed by atoms with Crippen LogP contribution in [0.4, 0.5) is 0 Å². The van der Waals surface area contributed by atoms with Crippen LogP contribution in [0.1, 0.15) is 0 Å². The van der Waals surface area contributed by atoms with Crippen LogP contribution in [0.5, 0.6) is 0 Å². The Labute approximate surface area is 99.7 Å². The molecule has 18 heavy (non-hydrogen) atoms. The zero-order chi connectivity index (χ0) is 13.7. The molecule has 0 bridgehead atoms. The van der Waals surface area contributed by atoms with Crippen molar-refractivity contribution in [2.24, 2.45) is 10.2 Å². The molecule has 92 valence electrons. The fraction of sp³-hybridized carbons (Fsp3) is 0.250. The van der Waals surface area contributed by atoms with Gasteiger partial charge in [-0.3, -0.25) is 9.59 Å². The number of nitrogens with zero attached hydrogens (tertiary/aromatic N) is 6. The number of carbonyl (C=O) groups excluding carboxylic acids is 2. The molecule has 0 aromatic carbocycles. The van der Waals surface area contributed by atoms with Gasteiger partial charge in [-0.25, -0.2) is 0 Å². The van der Waals surface area contributed by atoms with Crippen LogP contribution in [0.15, 0.2) is 33.1 Å². The normalized spacial score (nSPS) is 15.0. The summed E-state index contributed by atoms with van der Waals surface area (Å²) in [4.78, 5) is 28.5. The zero-order valence-corrected chi connectivity index (χ0v) is 9.32. The summed E-state index contributed by atoms with van der Waals surface area (Å²) < 4.78 is 9.36. The van der Waals surface area contributed by atoms with Crippen LogP contribution in [0.25, 0.3) is 20.9 Å². The second-order valence-corrected chi connectivity index (χ2v) is 2.80. The van der Waals surface area contributed by atoms with Gasteiger partial charge in [0, 0.05) is 9.82 Å². The second-order valence-electron chi connectivity index (χ2n) is 2.80. The minimum atomic E-state index is -0.894. The van der Waals surface area contributed by atoms with Crippen molar-refractivity contribution in [3.63, 3.8) is 0 Å². The second kappa shape index (κ2) is 5.39. The fourth-order valence-corrected chi connectivity index (χ4v) is 1.29. The maximum absolute atomic E-state index is 11.8. The Balaban J connectivity index is 3.56. The number of hydrogen-bond donors (Lipinski definition) is 0. The van der Waals surface area contributed by atoms with Crippen LogP contribution in [0, 0.1) is 0 Å². The van der Waals surface area contributed by atoms with Gasteiger partial charge < -0.3 is 9.47 Å². The highest BCUT2D eigenvalue weighted by Crippen LogP contribution is 2.27. The highest BCUT2D eigenvalue weighted by atomic mass is 16.5. The van der Waals surface area contributed by atoms with Crippen molar-refractivity contribution in [3.05, 3.63) is 43.8 Å². The van der Waals surface area contributed by atoms with Gasteiger partial charge in [0.1, 0.15) is 11.4 Å². The zero-order valence-electron chi connectivity index (χ0n) is 9.32. The molecule has 0 atom stereocenters. The number of Topliss-reactive ketones (excluding diaryl/α,β-unsaturated/α-hetero) is 2. The third-order valence-corrected chi connectivity index (χ3v) is 1.97. The van der Waals surface area contributed by atoms with E-state index in [0.29, 0.717) is 0 Å². The summed E-state index contributed by atoms with van der Waals surface area (Å²) in [7, 11) is 2.22. The van der Waals surface area contributed by atoms with Crippen LogP contribution in [-0.4, -0.2) is 25.8 Å². The minimum absolute atomic E-state index is 0.499. The van der Waals surface area contributed by atoms with E-state index < -0.39 is 34.5 Å². The van der Waals surface area contributed by atoms with Crippen molar-refractivity contribution in [2.75, 3.05) is 14.2 Å². The predicted octanol–water partition coefficient (Wildman–Crippen LogP) is 1.47. The Kier molecular flexibility index (Phi) is 3.93. The molecule has 0 saturated carbocycles. The lowest BCUT2D eigenvalue weighted by Gasteiger charge is -2.17. The first-order valence-corrected chi connectivity index (χ1v) is 4.38. The number of hydrogen-bond acceptors (Lipinski definition) is 6. The third-order valence-electron chi connectivity index (χ3n) is 1.97. The Morgan fingerprint density at radius 2 is 1.22 bits per heavy atom. The maximum atomic E-state index is 11.8. The molecule has 1 aliphatic carbocycles. The minimum Gasteiger partial charge on any atom is -0.492 e. The predicted molar refractivity (Wildman–Crippen MR) is 56.4 cm³/mol. The summed E-state index contributed by atoms with van der Waals surface area (Å²) in [5, 5.41) is 6.15. The van der Waals surface area contributed by atoms with Gasteiger partial charge in [0.05, 0.1) is 14.2 Å². The molecule has 10 nitrogen and oxygen atoms in total. The lowest BCUT2D eigenvalue weighted by molar-refractivity contribution is -0.120. The van der Waals surface area contributed by atoms with Gasteiger partial charge in [-0.05, 0) is 11.1 Å². The molecule has 0 unspecified atom stereocenters. The summed E-state index contributed by atoms with van der Waals surface area (Å²) >= 11 is 0. The van der Waals surface area contributed by atoms with Crippen molar-refractivity contribution in [1.29, 1.82) is 0 Å². The SMILES string of the molecule is COC1=C(N=[N+]=[N-])C(=O)C(OC)=C(N=[N+]=[N-])C1=O. The molecular weight excluding hydrogens is 244 g/mol. The molecule has 0 aromatic heterocycles. The molecule has 0 aromatic rings. The van der Waals surface area contributed by atoms with E-state index in [-0.39, 0.29) is 0 Å². The van der Waals surface area contributed by atoms with Crippen LogP contribution >= 0.6 is 0 Å². The van der Waals surface area contributed by atoms with E-state index in [1.165, 1.54) is 0 Å². The molecule has 10 heteroatoms. The Bertz CT molecular complexity index is 524. The van der Waals surface area contributed by atoms with Crippen molar-refractivity contribution in [3.8, 4) is 0 Å². The molecule has 1 rings (SSSR count). The van der Waals surface area contributed by atoms with Crippen LogP contribution in [-0.2, 0) is 19.1 Å². The number of ketones is 2. The Morgan fingerprint density at radius 1 is 0.889 bits per heavy atom. The lowest BCUT2D eigenvalue weighted by atomic mass is 10.0. The molecule has 0 aliphatic heterocycles. The average molecular weight is 250 g/mol. The summed E-state index contributed by atoms with van der Waals surface area (Å²) in [5.41, 5.74) is 15.6. The van der Waals surface area contributed by atoms with Crippen molar-refractivity contribution in [1.82, 2.24) is 0 Å². The number of azide groups is 2. The van der Waals surface area contributed by atoms with E-state index in [1.54, 1.807) is 0 Å². The average Bonchev–Trinajstić information content (AvgIpc) is 2.36. The first-order valence-electron chi connectivity index (χ1n) is 4.38. The molecular formula is C8H6N6O4. The quantitative estimate of drug-likeness (QED) is 0.321. The molecule has 0 radical (unpaired) electrons. The topological polar surface area (TPSA) is 150 Å². The van der Waals surface area contributed by atoms with Gasteiger partial charge in [0.25, 0.3) is 0 Å². The number of ether oxygens (including phenoxy) is 2. The van der Waals surface area contributed by atoms with Crippen LogP contribution < -0.4 is 0 Å². The molecule has 0 amide bonds. The van der Waals surface area contributed by atoms with E-state index in [4.69, 9.17) is 11.1 Å². The van der Waals surface area contributed by atoms with Crippen molar-refractivity contribution < 1.29 is 19.1 Å². The number of carbonyl (C=O) groups is 2. The van der Waals surface area contributed by atoms with Gasteiger partial charge in [0.15, 0.2) is 11.5 Å². The highest BCUT2D eigenvalue weighted by molar-refractivity contribution is 6.23. The number of methoxy groups -OCH3 is 2. The Hall–Kier alpha value is -2.96. The molecule has 0 heterocycles. The summed E-state index contributed by atoms with van der Waals surface area (Å²) in [6, 6.07) is 0. The first kappa shape index (κ1) is 13.1. The molecule has 1 aliphatic rings. The van der Waals surface area contributed by atoms with E-state index in [9.17, 15) is 9.59 Å². The van der Waals surface area contributed by atoms with E-state index >= 15 is 0 Å². The Morgan fingerprint density at radius 3 is 1.44 bits per heavy atom. The molecule has 0 fully saturated rings. The standard InChI is InChI=1S/C8H6N6O4/c1-17-7-3(11-13-9)6(16)8(18-2)4(5(7)15)12-14-10/h1-2H3. The first-order chi connectivity index (χ1) is 8.62. The van der Waals surface area contributed by atoms with E-state index in [2.05, 4.69) is 29.5 Å².